The second-order valence-electron chi connectivity index (χ2n) is 3.89. The molecule has 1 aromatic heterocycles. The lowest BCUT2D eigenvalue weighted by atomic mass is 10.1. The Balaban J connectivity index is 1.82. The lowest BCUT2D eigenvalue weighted by Crippen LogP contribution is -1.96. The fourth-order valence-corrected chi connectivity index (χ4v) is 1.78. The van der Waals surface area contributed by atoms with Gasteiger partial charge >= 0.3 is 0 Å². The third-order valence-electron chi connectivity index (χ3n) is 2.63. The van der Waals surface area contributed by atoms with Crippen molar-refractivity contribution in [3.63, 3.8) is 0 Å². The third-order valence-corrected chi connectivity index (χ3v) is 2.63. The first kappa shape index (κ1) is 10.7. The summed E-state index contributed by atoms with van der Waals surface area (Å²) in [6.45, 7) is 0.961. The zero-order chi connectivity index (χ0) is 11.2. The van der Waals surface area contributed by atoms with Crippen molar-refractivity contribution in [3.05, 3.63) is 59.9 Å². The van der Waals surface area contributed by atoms with E-state index in [2.05, 4.69) is 28.8 Å². The first-order chi connectivity index (χ1) is 7.88. The predicted molar refractivity (Wildman–Crippen MR) is 64.6 cm³/mol. The Morgan fingerprint density at radius 2 is 1.94 bits per heavy atom. The summed E-state index contributed by atoms with van der Waals surface area (Å²) < 4.78 is 2.06. The Hall–Kier alpha value is -1.83. The molecule has 0 N–H and O–H groups in total. The topological polar surface area (TPSA) is 22.0 Å². The molecule has 0 aliphatic rings. The first-order valence-corrected chi connectivity index (χ1v) is 5.53. The van der Waals surface area contributed by atoms with Gasteiger partial charge in [-0.05, 0) is 24.5 Å². The Labute approximate surface area is 95.5 Å². The summed E-state index contributed by atoms with van der Waals surface area (Å²) in [6, 6.07) is 12.3. The minimum absolute atomic E-state index is 0.750. The van der Waals surface area contributed by atoms with Gasteiger partial charge in [-0.15, -0.1) is 0 Å². The number of rotatable bonds is 5. The maximum atomic E-state index is 10.5. The highest BCUT2D eigenvalue weighted by Gasteiger charge is 1.96. The van der Waals surface area contributed by atoms with Gasteiger partial charge in [0, 0.05) is 24.5 Å². The number of aryl methyl sites for hydroxylation is 2. The lowest BCUT2D eigenvalue weighted by Gasteiger charge is -2.02. The number of hydrogen-bond donors (Lipinski definition) is 0. The number of benzene rings is 1. The van der Waals surface area contributed by atoms with E-state index in [1.807, 2.05) is 24.5 Å². The van der Waals surface area contributed by atoms with Gasteiger partial charge in [0.25, 0.3) is 0 Å². The molecule has 0 saturated carbocycles. The summed E-state index contributed by atoms with van der Waals surface area (Å²) in [5, 5.41) is 0. The summed E-state index contributed by atoms with van der Waals surface area (Å²) >= 11 is 0. The number of carbonyl (C=O) groups is 1. The van der Waals surface area contributed by atoms with E-state index >= 15 is 0 Å². The summed E-state index contributed by atoms with van der Waals surface area (Å²) in [4.78, 5) is 10.5. The molecular formula is C14H15NO. The van der Waals surface area contributed by atoms with Gasteiger partial charge in [-0.25, -0.2) is 0 Å². The quantitative estimate of drug-likeness (QED) is 0.700. The average Bonchev–Trinajstić information content (AvgIpc) is 2.78. The van der Waals surface area contributed by atoms with Crippen molar-refractivity contribution in [3.8, 4) is 0 Å². The zero-order valence-corrected chi connectivity index (χ0v) is 9.17. The molecule has 1 aromatic carbocycles. The van der Waals surface area contributed by atoms with E-state index in [-0.39, 0.29) is 0 Å². The summed E-state index contributed by atoms with van der Waals surface area (Å²) in [5.41, 5.74) is 2.12. The van der Waals surface area contributed by atoms with Gasteiger partial charge in [0.2, 0.25) is 0 Å². The van der Waals surface area contributed by atoms with Crippen LogP contribution in [0.1, 0.15) is 22.3 Å². The van der Waals surface area contributed by atoms with Crippen LogP contribution < -0.4 is 0 Å². The van der Waals surface area contributed by atoms with Gasteiger partial charge in [0.1, 0.15) is 0 Å². The van der Waals surface area contributed by atoms with Crippen molar-refractivity contribution in [1.82, 2.24) is 4.57 Å². The van der Waals surface area contributed by atoms with Crippen molar-refractivity contribution in [2.45, 2.75) is 19.4 Å². The third kappa shape index (κ3) is 2.83. The van der Waals surface area contributed by atoms with Gasteiger partial charge in [0.15, 0.2) is 6.29 Å². The van der Waals surface area contributed by atoms with Crippen LogP contribution in [0, 0.1) is 0 Å². The number of aromatic nitrogens is 1. The highest BCUT2D eigenvalue weighted by Crippen LogP contribution is 2.05. The number of aldehydes is 1. The minimum atomic E-state index is 0.750. The van der Waals surface area contributed by atoms with Crippen LogP contribution >= 0.6 is 0 Å². The Morgan fingerprint density at radius 1 is 1.12 bits per heavy atom. The maximum absolute atomic E-state index is 10.5. The van der Waals surface area contributed by atoms with Crippen molar-refractivity contribution < 1.29 is 4.79 Å². The predicted octanol–water partition coefficient (Wildman–Crippen LogP) is 2.93. The average molecular weight is 213 g/mol. The van der Waals surface area contributed by atoms with E-state index in [0.29, 0.717) is 0 Å². The SMILES string of the molecule is O=Cc1ccn(CCCc2ccccc2)c1. The Kier molecular flexibility index (Phi) is 3.54. The molecule has 2 aromatic rings. The highest BCUT2D eigenvalue weighted by atomic mass is 16.1. The normalized spacial score (nSPS) is 10.2. The molecule has 0 bridgehead atoms. The monoisotopic (exact) mass is 213 g/mol. The van der Waals surface area contributed by atoms with Gasteiger partial charge in [-0.2, -0.15) is 0 Å². The number of nitrogens with zero attached hydrogens (tertiary/aromatic N) is 1. The molecule has 0 spiro atoms. The van der Waals surface area contributed by atoms with Crippen molar-refractivity contribution in [2.75, 3.05) is 0 Å². The van der Waals surface area contributed by atoms with Crippen LogP contribution in [0.5, 0.6) is 0 Å². The molecule has 2 nitrogen and oxygen atoms in total. The molecule has 0 radical (unpaired) electrons. The van der Waals surface area contributed by atoms with E-state index in [1.54, 1.807) is 0 Å². The van der Waals surface area contributed by atoms with Crippen LogP contribution in [0.2, 0.25) is 0 Å². The van der Waals surface area contributed by atoms with Crippen LogP contribution in [0.15, 0.2) is 48.8 Å². The molecule has 16 heavy (non-hydrogen) atoms. The largest absolute Gasteiger partial charge is 0.354 e. The van der Waals surface area contributed by atoms with E-state index in [0.717, 1.165) is 31.2 Å². The fraction of sp³-hybridized carbons (Fsp3) is 0.214. The lowest BCUT2D eigenvalue weighted by molar-refractivity contribution is 0.112. The van der Waals surface area contributed by atoms with Gasteiger partial charge in [-0.3, -0.25) is 4.79 Å². The molecule has 2 rings (SSSR count). The van der Waals surface area contributed by atoms with Crippen molar-refractivity contribution in [1.29, 1.82) is 0 Å². The molecule has 0 amide bonds. The summed E-state index contributed by atoms with van der Waals surface area (Å²) in [5.74, 6) is 0. The minimum Gasteiger partial charge on any atom is -0.354 e. The molecule has 0 saturated heterocycles. The van der Waals surface area contributed by atoms with Crippen molar-refractivity contribution >= 4 is 6.29 Å². The van der Waals surface area contributed by atoms with E-state index in [4.69, 9.17) is 0 Å². The van der Waals surface area contributed by atoms with E-state index in [9.17, 15) is 4.79 Å². The maximum Gasteiger partial charge on any atom is 0.151 e. The van der Waals surface area contributed by atoms with Crippen LogP contribution in [-0.4, -0.2) is 10.9 Å². The molecule has 82 valence electrons. The zero-order valence-electron chi connectivity index (χ0n) is 9.17. The van der Waals surface area contributed by atoms with Crippen molar-refractivity contribution in [2.24, 2.45) is 0 Å². The summed E-state index contributed by atoms with van der Waals surface area (Å²) in [6.07, 6.45) is 6.90. The van der Waals surface area contributed by atoms with E-state index < -0.39 is 0 Å². The number of hydrogen-bond acceptors (Lipinski definition) is 1. The summed E-state index contributed by atoms with van der Waals surface area (Å²) in [7, 11) is 0. The smallest absolute Gasteiger partial charge is 0.151 e. The Bertz CT molecular complexity index is 445. The molecule has 2 heteroatoms. The van der Waals surface area contributed by atoms with Crippen LogP contribution in [0.25, 0.3) is 0 Å². The second kappa shape index (κ2) is 5.31. The van der Waals surface area contributed by atoms with E-state index in [1.165, 1.54) is 5.56 Å². The molecule has 1 heterocycles. The molecule has 0 unspecified atom stereocenters. The molecule has 0 fully saturated rings. The number of carbonyl (C=O) groups excluding carboxylic acids is 1. The van der Waals surface area contributed by atoms with Gasteiger partial charge in [-0.1, -0.05) is 30.3 Å². The molecule has 0 aliphatic carbocycles. The van der Waals surface area contributed by atoms with Gasteiger partial charge < -0.3 is 4.57 Å². The molecule has 0 aliphatic heterocycles. The van der Waals surface area contributed by atoms with Crippen LogP contribution in [-0.2, 0) is 13.0 Å². The first-order valence-electron chi connectivity index (χ1n) is 5.53. The second-order valence-corrected chi connectivity index (χ2v) is 3.89. The van der Waals surface area contributed by atoms with Gasteiger partial charge in [0.05, 0.1) is 0 Å². The molecule has 0 atom stereocenters. The molecular weight excluding hydrogens is 198 g/mol. The Morgan fingerprint density at radius 3 is 2.62 bits per heavy atom. The highest BCUT2D eigenvalue weighted by molar-refractivity contribution is 5.74. The van der Waals surface area contributed by atoms with Crippen LogP contribution in [0.4, 0.5) is 0 Å². The fourth-order valence-electron chi connectivity index (χ4n) is 1.78. The van der Waals surface area contributed by atoms with Crippen LogP contribution in [0.3, 0.4) is 0 Å². The standard InChI is InChI=1S/C14H15NO/c16-12-14-8-10-15(11-14)9-4-7-13-5-2-1-3-6-13/h1-3,5-6,8,10-12H,4,7,9H2.